The van der Waals surface area contributed by atoms with Gasteiger partial charge < -0.3 is 16.0 Å². The second-order valence-electron chi connectivity index (χ2n) is 6.60. The SMILES string of the molecule is CC(C)(C)N1CC(NC(=O)CCCCCCN)CC1=O. The van der Waals surface area contributed by atoms with Crippen molar-refractivity contribution in [1.29, 1.82) is 0 Å². The zero-order valence-electron chi connectivity index (χ0n) is 13.1. The number of hydrogen-bond donors (Lipinski definition) is 2. The van der Waals surface area contributed by atoms with E-state index in [9.17, 15) is 9.59 Å². The van der Waals surface area contributed by atoms with Gasteiger partial charge in [0.15, 0.2) is 0 Å². The van der Waals surface area contributed by atoms with Crippen molar-refractivity contribution < 1.29 is 9.59 Å². The highest BCUT2D eigenvalue weighted by molar-refractivity contribution is 5.82. The molecule has 3 N–H and O–H groups in total. The van der Waals surface area contributed by atoms with Gasteiger partial charge in [0, 0.05) is 24.9 Å². The highest BCUT2D eigenvalue weighted by Crippen LogP contribution is 2.21. The number of likely N-dealkylation sites (tertiary alicyclic amines) is 1. The maximum absolute atomic E-state index is 11.9. The first-order valence-electron chi connectivity index (χ1n) is 7.64. The molecule has 20 heavy (non-hydrogen) atoms. The fourth-order valence-electron chi connectivity index (χ4n) is 2.54. The fourth-order valence-corrected chi connectivity index (χ4v) is 2.54. The lowest BCUT2D eigenvalue weighted by atomic mass is 10.1. The molecule has 1 saturated heterocycles. The van der Waals surface area contributed by atoms with Crippen molar-refractivity contribution in [3.8, 4) is 0 Å². The molecule has 5 heteroatoms. The first kappa shape index (κ1) is 17.0. The molecule has 1 aliphatic rings. The van der Waals surface area contributed by atoms with Gasteiger partial charge in [-0.15, -0.1) is 0 Å². The van der Waals surface area contributed by atoms with E-state index in [1.165, 1.54) is 0 Å². The molecule has 0 aromatic heterocycles. The van der Waals surface area contributed by atoms with E-state index in [1.54, 1.807) is 0 Å². The number of carbonyl (C=O) groups is 2. The molecular weight excluding hydrogens is 254 g/mol. The largest absolute Gasteiger partial charge is 0.351 e. The van der Waals surface area contributed by atoms with Crippen molar-refractivity contribution in [2.75, 3.05) is 13.1 Å². The van der Waals surface area contributed by atoms with Crippen LogP contribution in [0.3, 0.4) is 0 Å². The highest BCUT2D eigenvalue weighted by atomic mass is 16.2. The third-order valence-electron chi connectivity index (χ3n) is 3.66. The van der Waals surface area contributed by atoms with Crippen molar-refractivity contribution in [3.63, 3.8) is 0 Å². The molecule has 0 aromatic rings. The summed E-state index contributed by atoms with van der Waals surface area (Å²) in [4.78, 5) is 25.6. The molecule has 116 valence electrons. The summed E-state index contributed by atoms with van der Waals surface area (Å²) in [7, 11) is 0. The summed E-state index contributed by atoms with van der Waals surface area (Å²) in [5.74, 6) is 0.192. The van der Waals surface area contributed by atoms with Crippen LogP contribution in [0.25, 0.3) is 0 Å². The standard InChI is InChI=1S/C15H29N3O2/c1-15(2,3)18-11-12(10-14(18)20)17-13(19)8-6-4-5-7-9-16/h12H,4-11,16H2,1-3H3,(H,17,19). The summed E-state index contributed by atoms with van der Waals surface area (Å²) in [5, 5.41) is 2.98. The molecule has 1 heterocycles. The summed E-state index contributed by atoms with van der Waals surface area (Å²) in [6.07, 6.45) is 5.03. The van der Waals surface area contributed by atoms with Gasteiger partial charge in [-0.1, -0.05) is 12.8 Å². The predicted molar refractivity (Wildman–Crippen MR) is 80.2 cm³/mol. The summed E-state index contributed by atoms with van der Waals surface area (Å²) >= 11 is 0. The van der Waals surface area contributed by atoms with Crippen LogP contribution in [-0.4, -0.2) is 41.4 Å². The molecule has 0 aliphatic carbocycles. The van der Waals surface area contributed by atoms with Crippen LogP contribution in [0.5, 0.6) is 0 Å². The van der Waals surface area contributed by atoms with Gasteiger partial charge in [0.1, 0.15) is 0 Å². The van der Waals surface area contributed by atoms with E-state index in [2.05, 4.69) is 5.32 Å². The Bertz CT molecular complexity index is 337. The third kappa shape index (κ3) is 5.49. The molecule has 0 aromatic carbocycles. The second-order valence-corrected chi connectivity index (χ2v) is 6.60. The zero-order chi connectivity index (χ0) is 15.2. The smallest absolute Gasteiger partial charge is 0.225 e. The van der Waals surface area contributed by atoms with Crippen LogP contribution in [0.4, 0.5) is 0 Å². The van der Waals surface area contributed by atoms with Crippen molar-refractivity contribution in [2.24, 2.45) is 5.73 Å². The molecule has 0 spiro atoms. The Balaban J connectivity index is 2.25. The predicted octanol–water partition coefficient (Wildman–Crippen LogP) is 1.41. The number of unbranched alkanes of at least 4 members (excludes halogenated alkanes) is 3. The molecule has 2 amide bonds. The van der Waals surface area contributed by atoms with Crippen LogP contribution >= 0.6 is 0 Å². The average molecular weight is 283 g/mol. The van der Waals surface area contributed by atoms with Gasteiger partial charge in [-0.25, -0.2) is 0 Å². The molecule has 1 fully saturated rings. The number of rotatable bonds is 7. The summed E-state index contributed by atoms with van der Waals surface area (Å²) in [6, 6.07) is -0.0294. The molecule has 0 saturated carbocycles. The van der Waals surface area contributed by atoms with Gasteiger partial charge in [-0.05, 0) is 40.2 Å². The van der Waals surface area contributed by atoms with Gasteiger partial charge >= 0.3 is 0 Å². The Morgan fingerprint density at radius 3 is 2.50 bits per heavy atom. The van der Waals surface area contributed by atoms with Crippen molar-refractivity contribution >= 4 is 11.8 Å². The Hall–Kier alpha value is -1.10. The van der Waals surface area contributed by atoms with Crippen LogP contribution in [-0.2, 0) is 9.59 Å². The molecule has 0 bridgehead atoms. The van der Waals surface area contributed by atoms with Gasteiger partial charge in [0.2, 0.25) is 11.8 Å². The Kier molecular flexibility index (Phi) is 6.46. The topological polar surface area (TPSA) is 75.4 Å². The zero-order valence-corrected chi connectivity index (χ0v) is 13.1. The summed E-state index contributed by atoms with van der Waals surface area (Å²) < 4.78 is 0. The van der Waals surface area contributed by atoms with Gasteiger partial charge in [-0.3, -0.25) is 9.59 Å². The van der Waals surface area contributed by atoms with E-state index in [4.69, 9.17) is 5.73 Å². The van der Waals surface area contributed by atoms with E-state index >= 15 is 0 Å². The molecule has 0 radical (unpaired) electrons. The molecule has 1 aliphatic heterocycles. The minimum Gasteiger partial charge on any atom is -0.351 e. The molecule has 5 nitrogen and oxygen atoms in total. The second kappa shape index (κ2) is 7.62. The Morgan fingerprint density at radius 2 is 1.95 bits per heavy atom. The average Bonchev–Trinajstić information content (AvgIpc) is 2.69. The molecule has 1 atom stereocenters. The lowest BCUT2D eigenvalue weighted by molar-refractivity contribution is -0.131. The van der Waals surface area contributed by atoms with Crippen molar-refractivity contribution in [3.05, 3.63) is 0 Å². The third-order valence-corrected chi connectivity index (χ3v) is 3.66. The van der Waals surface area contributed by atoms with E-state index in [1.807, 2.05) is 25.7 Å². The highest BCUT2D eigenvalue weighted by Gasteiger charge is 2.36. The number of hydrogen-bond acceptors (Lipinski definition) is 3. The quantitative estimate of drug-likeness (QED) is 0.694. The number of nitrogens with zero attached hydrogens (tertiary/aromatic N) is 1. The minimum atomic E-state index is -0.168. The van der Waals surface area contributed by atoms with Gasteiger partial charge in [0.05, 0.1) is 6.04 Å². The maximum atomic E-state index is 11.9. The molecular formula is C15H29N3O2. The monoisotopic (exact) mass is 283 g/mol. The number of amides is 2. The number of nitrogens with one attached hydrogen (secondary N) is 1. The van der Waals surface area contributed by atoms with Crippen molar-refractivity contribution in [1.82, 2.24) is 10.2 Å². The van der Waals surface area contributed by atoms with E-state index in [0.29, 0.717) is 19.4 Å². The lowest BCUT2D eigenvalue weighted by Crippen LogP contribution is -2.44. The summed E-state index contributed by atoms with van der Waals surface area (Å²) in [6.45, 7) is 7.41. The first-order chi connectivity index (χ1) is 9.34. The van der Waals surface area contributed by atoms with Crippen LogP contribution in [0.15, 0.2) is 0 Å². The van der Waals surface area contributed by atoms with Gasteiger partial charge in [0.25, 0.3) is 0 Å². The first-order valence-corrected chi connectivity index (χ1v) is 7.64. The van der Waals surface area contributed by atoms with Gasteiger partial charge in [-0.2, -0.15) is 0 Å². The lowest BCUT2D eigenvalue weighted by Gasteiger charge is -2.32. The number of carbonyl (C=O) groups excluding carboxylic acids is 2. The molecule has 1 unspecified atom stereocenters. The molecule has 1 rings (SSSR count). The number of nitrogens with two attached hydrogens (primary N) is 1. The van der Waals surface area contributed by atoms with Crippen molar-refractivity contribution in [2.45, 2.75) is 70.9 Å². The minimum absolute atomic E-state index is 0.0294. The van der Waals surface area contributed by atoms with E-state index < -0.39 is 0 Å². The van der Waals surface area contributed by atoms with Crippen LogP contribution in [0.1, 0.15) is 59.3 Å². The Labute approximate surface area is 122 Å². The van der Waals surface area contributed by atoms with E-state index in [0.717, 1.165) is 32.2 Å². The maximum Gasteiger partial charge on any atom is 0.225 e. The van der Waals surface area contributed by atoms with Crippen LogP contribution in [0, 0.1) is 0 Å². The van der Waals surface area contributed by atoms with Crippen LogP contribution < -0.4 is 11.1 Å². The normalized spacial score (nSPS) is 19.5. The van der Waals surface area contributed by atoms with Crippen LogP contribution in [0.2, 0.25) is 0 Å². The van der Waals surface area contributed by atoms with E-state index in [-0.39, 0.29) is 23.4 Å². The summed E-state index contributed by atoms with van der Waals surface area (Å²) in [5.41, 5.74) is 5.26. The Morgan fingerprint density at radius 1 is 1.30 bits per heavy atom. The fraction of sp³-hybridized carbons (Fsp3) is 0.867.